The number of likely N-dealkylation sites (N-methyl/N-ethyl adjacent to an activating group) is 1. The first kappa shape index (κ1) is 24.1. The molecular formula is C16H36N2O2. The van der Waals surface area contributed by atoms with Gasteiger partial charge in [-0.05, 0) is 26.8 Å². The molecule has 0 radical (unpaired) electrons. The number of hydrogen-bond donors (Lipinski definition) is 2. The Morgan fingerprint density at radius 3 is 2.00 bits per heavy atom. The molecule has 1 unspecified atom stereocenters. The standard InChI is InChI=1S/C12H24N2O2.2C2H6/c1-4-5-6-7-12(16)14-9-8-11(13-3)10(2)15;2*1-2/h11,13H,4-9H2,1-3H3,(H,14,16);2*1-2H3. The van der Waals surface area contributed by atoms with Gasteiger partial charge in [-0.3, -0.25) is 9.59 Å². The van der Waals surface area contributed by atoms with Crippen LogP contribution < -0.4 is 10.6 Å². The van der Waals surface area contributed by atoms with Crippen molar-refractivity contribution in [3.63, 3.8) is 0 Å². The molecule has 2 N–H and O–H groups in total. The molecule has 0 fully saturated rings. The van der Waals surface area contributed by atoms with Gasteiger partial charge in [0.05, 0.1) is 6.04 Å². The van der Waals surface area contributed by atoms with E-state index in [2.05, 4.69) is 17.6 Å². The van der Waals surface area contributed by atoms with Gasteiger partial charge in [0.15, 0.2) is 0 Å². The first-order valence-corrected chi connectivity index (χ1v) is 8.06. The quantitative estimate of drug-likeness (QED) is 0.640. The molecule has 0 saturated carbocycles. The largest absolute Gasteiger partial charge is 0.356 e. The van der Waals surface area contributed by atoms with Crippen molar-refractivity contribution in [3.05, 3.63) is 0 Å². The summed E-state index contributed by atoms with van der Waals surface area (Å²) >= 11 is 0. The molecule has 4 nitrogen and oxygen atoms in total. The molecule has 0 aromatic carbocycles. The summed E-state index contributed by atoms with van der Waals surface area (Å²) in [7, 11) is 1.76. The Morgan fingerprint density at radius 2 is 1.60 bits per heavy atom. The lowest BCUT2D eigenvalue weighted by Crippen LogP contribution is -2.36. The van der Waals surface area contributed by atoms with Crippen molar-refractivity contribution in [2.45, 2.75) is 79.7 Å². The average molecular weight is 288 g/mol. The van der Waals surface area contributed by atoms with E-state index in [0.29, 0.717) is 19.4 Å². The van der Waals surface area contributed by atoms with Crippen LogP contribution in [0.4, 0.5) is 0 Å². The van der Waals surface area contributed by atoms with Gasteiger partial charge in [-0.15, -0.1) is 0 Å². The number of Topliss-reactive ketones (excluding diaryl/α,β-unsaturated/α-hetero) is 1. The molecule has 1 amide bonds. The van der Waals surface area contributed by atoms with Crippen molar-refractivity contribution < 1.29 is 9.59 Å². The highest BCUT2D eigenvalue weighted by Crippen LogP contribution is 1.98. The molecular weight excluding hydrogens is 252 g/mol. The van der Waals surface area contributed by atoms with Crippen molar-refractivity contribution in [1.82, 2.24) is 10.6 Å². The van der Waals surface area contributed by atoms with Gasteiger partial charge in [-0.1, -0.05) is 47.5 Å². The number of carbonyl (C=O) groups is 2. The Morgan fingerprint density at radius 1 is 1.05 bits per heavy atom. The zero-order valence-corrected chi connectivity index (χ0v) is 14.6. The predicted molar refractivity (Wildman–Crippen MR) is 88.0 cm³/mol. The molecule has 0 spiro atoms. The Balaban J connectivity index is -0.000000656. The molecule has 0 aromatic rings. The lowest BCUT2D eigenvalue weighted by molar-refractivity contribution is -0.122. The van der Waals surface area contributed by atoms with Gasteiger partial charge in [0.1, 0.15) is 5.78 Å². The Bertz CT molecular complexity index is 219. The van der Waals surface area contributed by atoms with Crippen LogP contribution in [0.15, 0.2) is 0 Å². The summed E-state index contributed by atoms with van der Waals surface area (Å²) in [5.41, 5.74) is 0. The molecule has 20 heavy (non-hydrogen) atoms. The summed E-state index contributed by atoms with van der Waals surface area (Å²) in [5.74, 6) is 0.203. The van der Waals surface area contributed by atoms with Crippen molar-refractivity contribution in [2.24, 2.45) is 0 Å². The van der Waals surface area contributed by atoms with Gasteiger partial charge < -0.3 is 10.6 Å². The number of amides is 1. The van der Waals surface area contributed by atoms with E-state index >= 15 is 0 Å². The topological polar surface area (TPSA) is 58.2 Å². The van der Waals surface area contributed by atoms with Gasteiger partial charge in [-0.2, -0.15) is 0 Å². The van der Waals surface area contributed by atoms with E-state index in [4.69, 9.17) is 0 Å². The van der Waals surface area contributed by atoms with E-state index in [0.717, 1.165) is 19.3 Å². The Labute approximate surface area is 126 Å². The number of nitrogens with one attached hydrogen (secondary N) is 2. The van der Waals surface area contributed by atoms with E-state index in [9.17, 15) is 9.59 Å². The van der Waals surface area contributed by atoms with Crippen LogP contribution in [0, 0.1) is 0 Å². The molecule has 0 aliphatic carbocycles. The molecule has 4 heteroatoms. The van der Waals surface area contributed by atoms with Crippen molar-refractivity contribution in [3.8, 4) is 0 Å². The van der Waals surface area contributed by atoms with Crippen LogP contribution in [0.3, 0.4) is 0 Å². The maximum absolute atomic E-state index is 11.3. The van der Waals surface area contributed by atoms with E-state index in [1.807, 2.05) is 27.7 Å². The minimum absolute atomic E-state index is 0.0897. The Kier molecular flexibility index (Phi) is 24.6. The minimum atomic E-state index is -0.143. The minimum Gasteiger partial charge on any atom is -0.356 e. The summed E-state index contributed by atoms with van der Waals surface area (Å²) in [4.78, 5) is 22.4. The molecule has 0 heterocycles. The van der Waals surface area contributed by atoms with E-state index in [-0.39, 0.29) is 17.7 Å². The van der Waals surface area contributed by atoms with Gasteiger partial charge in [-0.25, -0.2) is 0 Å². The number of rotatable bonds is 9. The maximum atomic E-state index is 11.3. The highest BCUT2D eigenvalue weighted by Gasteiger charge is 2.11. The normalized spacial score (nSPS) is 10.3. The average Bonchev–Trinajstić information content (AvgIpc) is 2.47. The van der Waals surface area contributed by atoms with Crippen molar-refractivity contribution >= 4 is 11.7 Å². The van der Waals surface area contributed by atoms with Crippen molar-refractivity contribution in [2.75, 3.05) is 13.6 Å². The summed E-state index contributed by atoms with van der Waals surface area (Å²) in [5, 5.41) is 5.76. The molecule has 0 aliphatic rings. The number of hydrogen-bond acceptors (Lipinski definition) is 3. The van der Waals surface area contributed by atoms with Gasteiger partial charge >= 0.3 is 0 Å². The summed E-state index contributed by atoms with van der Waals surface area (Å²) in [6.07, 6.45) is 4.42. The van der Waals surface area contributed by atoms with Crippen LogP contribution in [0.1, 0.15) is 73.6 Å². The predicted octanol–water partition coefficient (Wildman–Crippen LogP) is 3.30. The first-order chi connectivity index (χ1) is 9.61. The number of ketones is 1. The number of carbonyl (C=O) groups excluding carboxylic acids is 2. The highest BCUT2D eigenvalue weighted by atomic mass is 16.1. The fourth-order valence-corrected chi connectivity index (χ4v) is 1.53. The van der Waals surface area contributed by atoms with Crippen LogP contribution >= 0.6 is 0 Å². The second kappa shape index (κ2) is 20.4. The fraction of sp³-hybridized carbons (Fsp3) is 0.875. The third kappa shape index (κ3) is 17.1. The first-order valence-electron chi connectivity index (χ1n) is 8.06. The molecule has 0 aromatic heterocycles. The highest BCUT2D eigenvalue weighted by molar-refractivity contribution is 5.81. The number of unbranched alkanes of at least 4 members (excludes halogenated alkanes) is 2. The second-order valence-electron chi connectivity index (χ2n) is 4.05. The van der Waals surface area contributed by atoms with Crippen LogP contribution in [-0.4, -0.2) is 31.3 Å². The lowest BCUT2D eigenvalue weighted by Gasteiger charge is -2.12. The molecule has 0 saturated heterocycles. The fourth-order valence-electron chi connectivity index (χ4n) is 1.53. The summed E-state index contributed by atoms with van der Waals surface area (Å²) in [6, 6.07) is -0.143. The summed E-state index contributed by atoms with van der Waals surface area (Å²) < 4.78 is 0. The monoisotopic (exact) mass is 288 g/mol. The lowest BCUT2D eigenvalue weighted by atomic mass is 10.1. The third-order valence-electron chi connectivity index (χ3n) is 2.60. The second-order valence-corrected chi connectivity index (χ2v) is 4.05. The smallest absolute Gasteiger partial charge is 0.219 e. The molecule has 1 atom stereocenters. The van der Waals surface area contributed by atoms with Crippen LogP contribution in [-0.2, 0) is 9.59 Å². The van der Waals surface area contributed by atoms with Gasteiger partial charge in [0.25, 0.3) is 0 Å². The molecule has 122 valence electrons. The van der Waals surface area contributed by atoms with Crippen molar-refractivity contribution in [1.29, 1.82) is 0 Å². The molecule has 0 bridgehead atoms. The van der Waals surface area contributed by atoms with E-state index < -0.39 is 0 Å². The van der Waals surface area contributed by atoms with E-state index in [1.165, 1.54) is 0 Å². The maximum Gasteiger partial charge on any atom is 0.219 e. The van der Waals surface area contributed by atoms with E-state index in [1.54, 1.807) is 14.0 Å². The van der Waals surface area contributed by atoms with Crippen LogP contribution in [0.25, 0.3) is 0 Å². The van der Waals surface area contributed by atoms with Crippen LogP contribution in [0.2, 0.25) is 0 Å². The van der Waals surface area contributed by atoms with Gasteiger partial charge in [0.2, 0.25) is 5.91 Å². The SMILES string of the molecule is CC.CC.CCCCCC(=O)NCCC(NC)C(C)=O. The third-order valence-corrected chi connectivity index (χ3v) is 2.60. The zero-order valence-electron chi connectivity index (χ0n) is 14.6. The molecule has 0 rings (SSSR count). The van der Waals surface area contributed by atoms with Crippen LogP contribution in [0.5, 0.6) is 0 Å². The zero-order chi connectivity index (χ0) is 16.4. The van der Waals surface area contributed by atoms with Gasteiger partial charge in [0, 0.05) is 13.0 Å². The summed E-state index contributed by atoms with van der Waals surface area (Å²) in [6.45, 7) is 12.2. The Hall–Kier alpha value is -0.900. The molecule has 0 aliphatic heterocycles.